The normalized spacial score (nSPS) is 21.8. The lowest BCUT2D eigenvalue weighted by Gasteiger charge is -2.47. The Kier molecular flexibility index (Phi) is 6.76. The number of anilines is 1. The number of H-pyrrole nitrogens is 1. The van der Waals surface area contributed by atoms with Gasteiger partial charge in [-0.05, 0) is 60.1 Å². The molecule has 216 valence electrons. The molecule has 2 aromatic carbocycles. The summed E-state index contributed by atoms with van der Waals surface area (Å²) in [5, 5.41) is 23.7. The molecule has 6 nitrogen and oxygen atoms in total. The van der Waals surface area contributed by atoms with Crippen molar-refractivity contribution in [1.29, 1.82) is 5.26 Å². The van der Waals surface area contributed by atoms with Gasteiger partial charge in [-0.2, -0.15) is 5.26 Å². The van der Waals surface area contributed by atoms with Crippen molar-refractivity contribution in [3.8, 4) is 28.5 Å². The summed E-state index contributed by atoms with van der Waals surface area (Å²) in [5.41, 5.74) is 1.49. The van der Waals surface area contributed by atoms with Gasteiger partial charge in [0.1, 0.15) is 17.7 Å². The summed E-state index contributed by atoms with van der Waals surface area (Å²) in [7, 11) is 0. The maximum Gasteiger partial charge on any atom is 0.308 e. The van der Waals surface area contributed by atoms with Crippen LogP contribution in [0.2, 0.25) is 0 Å². The molecule has 4 aromatic rings. The van der Waals surface area contributed by atoms with Crippen LogP contribution in [0.4, 0.5) is 19.0 Å². The van der Waals surface area contributed by atoms with Crippen molar-refractivity contribution in [2.24, 2.45) is 17.8 Å². The van der Waals surface area contributed by atoms with Gasteiger partial charge in [-0.25, -0.2) is 18.2 Å². The maximum absolute atomic E-state index is 16.6. The van der Waals surface area contributed by atoms with Gasteiger partial charge in [0.15, 0.2) is 11.6 Å². The number of carbonyl (C=O) groups is 1. The van der Waals surface area contributed by atoms with Gasteiger partial charge in [-0.15, -0.1) is 0 Å². The number of aromatic amines is 1. The van der Waals surface area contributed by atoms with Crippen molar-refractivity contribution in [2.75, 3.05) is 5.32 Å². The molecule has 2 aromatic heterocycles. The monoisotopic (exact) mass is 572 g/mol. The molecule has 0 saturated heterocycles. The summed E-state index contributed by atoms with van der Waals surface area (Å²) >= 11 is 0. The summed E-state index contributed by atoms with van der Waals surface area (Å²) < 4.78 is 45.5. The SMILES string of the molecule is CC(C)(C)c1ccc(-c2c(F)c(N[C@H]3C4CCC(CC4)[C@@H]3C(=O)O)nc(-c3c[nH]c4c(F)cc(F)cc34)c2C#N)cc1. The highest BCUT2D eigenvalue weighted by molar-refractivity contribution is 5.98. The predicted molar refractivity (Wildman–Crippen MR) is 154 cm³/mol. The van der Waals surface area contributed by atoms with E-state index in [1.807, 2.05) is 12.1 Å². The van der Waals surface area contributed by atoms with Crippen molar-refractivity contribution in [3.05, 3.63) is 71.2 Å². The Morgan fingerprint density at radius 2 is 1.74 bits per heavy atom. The number of hydrogen-bond donors (Lipinski definition) is 3. The van der Waals surface area contributed by atoms with E-state index in [1.165, 1.54) is 6.20 Å². The Morgan fingerprint density at radius 3 is 2.36 bits per heavy atom. The summed E-state index contributed by atoms with van der Waals surface area (Å²) in [6.45, 7) is 6.17. The van der Waals surface area contributed by atoms with Gasteiger partial charge in [0, 0.05) is 34.8 Å². The highest BCUT2D eigenvalue weighted by atomic mass is 19.1. The molecule has 3 fully saturated rings. The van der Waals surface area contributed by atoms with Gasteiger partial charge in [0.05, 0.1) is 22.7 Å². The number of fused-ring (bicyclic) bond motifs is 4. The molecular formula is C33H31F3N4O2. The smallest absolute Gasteiger partial charge is 0.308 e. The van der Waals surface area contributed by atoms with E-state index >= 15 is 4.39 Å². The van der Waals surface area contributed by atoms with Crippen LogP contribution in [0.5, 0.6) is 0 Å². The third-order valence-corrected chi connectivity index (χ3v) is 9.06. The molecule has 0 aliphatic heterocycles. The fourth-order valence-corrected chi connectivity index (χ4v) is 6.89. The number of nitrogens with zero attached hydrogens (tertiary/aromatic N) is 2. The van der Waals surface area contributed by atoms with Gasteiger partial charge in [0.2, 0.25) is 0 Å². The van der Waals surface area contributed by atoms with E-state index in [1.54, 1.807) is 12.1 Å². The average Bonchev–Trinajstić information content (AvgIpc) is 3.37. The van der Waals surface area contributed by atoms with Crippen LogP contribution in [-0.2, 0) is 10.2 Å². The zero-order valence-corrected chi connectivity index (χ0v) is 23.6. The van der Waals surface area contributed by atoms with Crippen LogP contribution in [0.25, 0.3) is 33.3 Å². The molecule has 0 spiro atoms. The molecule has 7 rings (SSSR count). The second-order valence-electron chi connectivity index (χ2n) is 12.5. The topological polar surface area (TPSA) is 102 Å². The number of pyridine rings is 1. The lowest BCUT2D eigenvalue weighted by Crippen LogP contribution is -2.51. The largest absolute Gasteiger partial charge is 0.481 e. The lowest BCUT2D eigenvalue weighted by molar-refractivity contribution is -0.148. The first kappa shape index (κ1) is 27.8. The van der Waals surface area contributed by atoms with Crippen LogP contribution < -0.4 is 5.32 Å². The number of rotatable bonds is 5. The minimum atomic E-state index is -0.934. The second kappa shape index (κ2) is 10.2. The summed E-state index contributed by atoms with van der Waals surface area (Å²) in [6.07, 6.45) is 4.71. The molecule has 0 unspecified atom stereocenters. The van der Waals surface area contributed by atoms with E-state index in [2.05, 4.69) is 42.1 Å². The predicted octanol–water partition coefficient (Wildman–Crippen LogP) is 7.78. The number of nitriles is 1. The van der Waals surface area contributed by atoms with Gasteiger partial charge in [-0.3, -0.25) is 4.79 Å². The first-order chi connectivity index (χ1) is 20.0. The Morgan fingerprint density at radius 1 is 1.07 bits per heavy atom. The van der Waals surface area contributed by atoms with Crippen molar-refractivity contribution in [3.63, 3.8) is 0 Å². The number of carboxylic acids is 1. The van der Waals surface area contributed by atoms with E-state index in [9.17, 15) is 23.9 Å². The Balaban J connectivity index is 1.58. The first-order valence-corrected chi connectivity index (χ1v) is 14.2. The van der Waals surface area contributed by atoms with E-state index in [-0.39, 0.29) is 56.4 Å². The fraction of sp³-hybridized carbons (Fsp3) is 0.364. The summed E-state index contributed by atoms with van der Waals surface area (Å²) in [5.74, 6) is -4.20. The Labute approximate surface area is 241 Å². The number of nitrogens with one attached hydrogen (secondary N) is 2. The molecule has 3 aliphatic carbocycles. The molecule has 9 heteroatoms. The van der Waals surface area contributed by atoms with Crippen LogP contribution in [0.3, 0.4) is 0 Å². The average molecular weight is 573 g/mol. The van der Waals surface area contributed by atoms with Crippen molar-refractivity contribution < 1.29 is 23.1 Å². The van der Waals surface area contributed by atoms with E-state index in [0.29, 0.717) is 5.56 Å². The Hall–Kier alpha value is -4.32. The minimum absolute atomic E-state index is 0.00970. The third-order valence-electron chi connectivity index (χ3n) is 9.06. The van der Waals surface area contributed by atoms with Gasteiger partial charge < -0.3 is 15.4 Å². The van der Waals surface area contributed by atoms with E-state index < -0.39 is 35.4 Å². The van der Waals surface area contributed by atoms with Gasteiger partial charge in [-0.1, -0.05) is 45.0 Å². The van der Waals surface area contributed by atoms with Crippen LogP contribution in [0.15, 0.2) is 42.6 Å². The van der Waals surface area contributed by atoms with E-state index in [4.69, 9.17) is 0 Å². The number of aromatic nitrogens is 2. The minimum Gasteiger partial charge on any atom is -0.481 e. The summed E-state index contributed by atoms with van der Waals surface area (Å²) in [4.78, 5) is 19.7. The molecule has 0 amide bonds. The highest BCUT2D eigenvalue weighted by Crippen LogP contribution is 2.47. The number of halogens is 3. The molecular weight excluding hydrogens is 541 g/mol. The maximum atomic E-state index is 16.6. The van der Waals surface area contributed by atoms with Crippen LogP contribution >= 0.6 is 0 Å². The first-order valence-electron chi connectivity index (χ1n) is 14.2. The number of aliphatic carboxylic acids is 1. The van der Waals surface area contributed by atoms with Gasteiger partial charge in [0.25, 0.3) is 0 Å². The quantitative estimate of drug-likeness (QED) is 0.227. The zero-order valence-electron chi connectivity index (χ0n) is 23.6. The molecule has 3 N–H and O–H groups in total. The van der Waals surface area contributed by atoms with Crippen LogP contribution in [-0.4, -0.2) is 27.1 Å². The van der Waals surface area contributed by atoms with Crippen molar-refractivity contribution in [2.45, 2.75) is 57.9 Å². The van der Waals surface area contributed by atoms with E-state index in [0.717, 1.165) is 43.4 Å². The number of carboxylic acid groups (broad SMARTS) is 1. The van der Waals surface area contributed by atoms with Gasteiger partial charge >= 0.3 is 5.97 Å². The molecule has 3 aliphatic rings. The Bertz CT molecular complexity index is 1740. The second-order valence-corrected chi connectivity index (χ2v) is 12.5. The fourth-order valence-electron chi connectivity index (χ4n) is 6.89. The third kappa shape index (κ3) is 4.59. The van der Waals surface area contributed by atoms with Crippen LogP contribution in [0, 0.1) is 46.5 Å². The molecule has 2 atom stereocenters. The van der Waals surface area contributed by atoms with Crippen molar-refractivity contribution >= 4 is 22.7 Å². The standard InChI is InChI=1S/C33H31F3N4O2/c1-33(2,3)19-10-8-16(9-11-19)25-22(14-37)29(23-15-38-30-21(23)12-20(34)13-24(30)35)40-31(27(25)36)39-28-18-6-4-17(5-7-18)26(28)32(41)42/h8-13,15,17-18,26,28,38H,4-7H2,1-3H3,(H,39,40)(H,41,42)/t17?,18?,26-,28-/m0/s1. The van der Waals surface area contributed by atoms with Crippen LogP contribution in [0.1, 0.15) is 57.6 Å². The number of benzene rings is 2. The molecule has 3 saturated carbocycles. The lowest BCUT2D eigenvalue weighted by atomic mass is 9.61. The highest BCUT2D eigenvalue weighted by Gasteiger charge is 2.47. The van der Waals surface area contributed by atoms with Crippen molar-refractivity contribution in [1.82, 2.24) is 9.97 Å². The number of hydrogen-bond acceptors (Lipinski definition) is 4. The molecule has 2 bridgehead atoms. The summed E-state index contributed by atoms with van der Waals surface area (Å²) in [6, 6.07) is 10.7. The molecule has 0 radical (unpaired) electrons. The molecule has 42 heavy (non-hydrogen) atoms. The molecule has 2 heterocycles. The zero-order chi connectivity index (χ0) is 29.9.